The van der Waals surface area contributed by atoms with Crippen LogP contribution < -0.4 is 0 Å². The molecule has 0 saturated carbocycles. The first-order valence-electron chi connectivity index (χ1n) is 9.18. The third-order valence-electron chi connectivity index (χ3n) is 3.89. The third kappa shape index (κ3) is 11.7. The van der Waals surface area contributed by atoms with Crippen LogP contribution in [0, 0.1) is 0 Å². The molecule has 2 aliphatic heterocycles. The topological polar surface area (TPSA) is 77.5 Å². The smallest absolute Gasteiger partial charge is 0.498 e. The fourth-order valence-electron chi connectivity index (χ4n) is 2.32. The van der Waals surface area contributed by atoms with Gasteiger partial charge in [0, 0.05) is 32.1 Å². The van der Waals surface area contributed by atoms with Gasteiger partial charge in [0.25, 0.3) is 0 Å². The zero-order chi connectivity index (χ0) is 19.7. The van der Waals surface area contributed by atoms with Gasteiger partial charge in [-0.2, -0.15) is 0 Å². The molecule has 2 rings (SSSR count). The van der Waals surface area contributed by atoms with Crippen LogP contribution in [0.4, 0.5) is 0 Å². The summed E-state index contributed by atoms with van der Waals surface area (Å²) < 4.78 is 21.0. The zero-order valence-electron chi connectivity index (χ0n) is 16.9. The highest BCUT2D eigenvalue weighted by molar-refractivity contribution is 6.50. The van der Waals surface area contributed by atoms with Gasteiger partial charge in [-0.05, 0) is 19.9 Å². The lowest BCUT2D eigenvalue weighted by Gasteiger charge is -2.25. The maximum absolute atomic E-state index is 11.2. The van der Waals surface area contributed by atoms with E-state index in [0.717, 1.165) is 26.3 Å². The van der Waals surface area contributed by atoms with Crippen LogP contribution in [-0.4, -0.2) is 89.5 Å². The molecule has 0 aliphatic carbocycles. The quantitative estimate of drug-likeness (QED) is 0.650. The van der Waals surface area contributed by atoms with Crippen LogP contribution in [0.25, 0.3) is 0 Å². The second-order valence-electron chi connectivity index (χ2n) is 7.42. The molecule has 10 heteroatoms. The Labute approximate surface area is 172 Å². The fourth-order valence-corrected chi connectivity index (χ4v) is 2.32. The Morgan fingerprint density at radius 3 is 1.50 bits per heavy atom. The molecule has 0 spiro atoms. The van der Waals surface area contributed by atoms with Crippen LogP contribution in [-0.2, 0) is 28.2 Å². The molecule has 0 radical (unpaired) electrons. The highest BCUT2D eigenvalue weighted by Crippen LogP contribution is 2.13. The molecule has 0 bridgehead atoms. The van der Waals surface area contributed by atoms with Crippen LogP contribution in [0.15, 0.2) is 0 Å². The summed E-state index contributed by atoms with van der Waals surface area (Å²) >= 11 is 0. The number of likely N-dealkylation sites (N-methyl/N-ethyl adjacent to an activating group) is 2. The van der Waals surface area contributed by atoms with Crippen molar-refractivity contribution in [3.63, 3.8) is 0 Å². The number of rotatable bonds is 2. The SMILES string of the molecule is C.C.CC(C)B1OC(=O)CN(C)CC(=O)O1.CC(C)B1OCCN(C)CCO1. The fraction of sp³-hybridized carbons (Fsp3) is 0.889. The second-order valence-corrected chi connectivity index (χ2v) is 7.42. The van der Waals surface area contributed by atoms with Gasteiger partial charge in [0.2, 0.25) is 0 Å². The largest absolute Gasteiger partial charge is 0.601 e. The maximum Gasteiger partial charge on any atom is 0.601 e. The van der Waals surface area contributed by atoms with Gasteiger partial charge >= 0.3 is 26.2 Å². The molecule has 0 aromatic carbocycles. The lowest BCUT2D eigenvalue weighted by atomic mass is 9.74. The van der Waals surface area contributed by atoms with Gasteiger partial charge in [-0.3, -0.25) is 14.5 Å². The third-order valence-corrected chi connectivity index (χ3v) is 3.89. The predicted molar refractivity (Wildman–Crippen MR) is 114 cm³/mol. The predicted octanol–water partition coefficient (Wildman–Crippen LogP) is 2.05. The normalized spacial score (nSPS) is 19.7. The van der Waals surface area contributed by atoms with E-state index in [1.54, 1.807) is 11.9 Å². The number of carbonyl (C=O) groups excluding carboxylic acids is 2. The summed E-state index contributed by atoms with van der Waals surface area (Å²) in [5, 5.41) is 0. The number of hydrogen-bond acceptors (Lipinski definition) is 8. The molecule has 2 fully saturated rings. The van der Waals surface area contributed by atoms with Crippen molar-refractivity contribution >= 4 is 26.2 Å². The molecule has 0 aromatic heterocycles. The summed E-state index contributed by atoms with van der Waals surface area (Å²) in [6.07, 6.45) is 0. The van der Waals surface area contributed by atoms with E-state index < -0.39 is 7.12 Å². The molecule has 2 saturated heterocycles. The van der Waals surface area contributed by atoms with Crippen LogP contribution in [0.3, 0.4) is 0 Å². The van der Waals surface area contributed by atoms with Crippen molar-refractivity contribution in [1.82, 2.24) is 9.80 Å². The van der Waals surface area contributed by atoms with Crippen molar-refractivity contribution < 1.29 is 28.2 Å². The van der Waals surface area contributed by atoms with Gasteiger partial charge in [0.15, 0.2) is 0 Å². The Bertz CT molecular complexity index is 424. The van der Waals surface area contributed by atoms with Crippen molar-refractivity contribution in [1.29, 1.82) is 0 Å². The van der Waals surface area contributed by atoms with Gasteiger partial charge in [0.05, 0.1) is 13.1 Å². The van der Waals surface area contributed by atoms with Gasteiger partial charge in [0.1, 0.15) is 0 Å². The summed E-state index contributed by atoms with van der Waals surface area (Å²) in [7, 11) is 3.00. The Hall–Kier alpha value is -1.09. The zero-order valence-corrected chi connectivity index (χ0v) is 16.9. The van der Waals surface area contributed by atoms with Gasteiger partial charge in [-0.1, -0.05) is 42.5 Å². The van der Waals surface area contributed by atoms with E-state index in [0.29, 0.717) is 5.82 Å². The van der Waals surface area contributed by atoms with Crippen molar-refractivity contribution in [2.75, 3.05) is 53.5 Å². The van der Waals surface area contributed by atoms with Crippen molar-refractivity contribution in [2.45, 2.75) is 54.2 Å². The van der Waals surface area contributed by atoms with Crippen LogP contribution in [0.2, 0.25) is 11.6 Å². The average Bonchev–Trinajstić information content (AvgIpc) is 2.48. The Balaban J connectivity index is 0. The molecule has 0 unspecified atom stereocenters. The molecular weight excluding hydrogens is 362 g/mol. The lowest BCUT2D eigenvalue weighted by Crippen LogP contribution is -2.43. The summed E-state index contributed by atoms with van der Waals surface area (Å²) in [5.74, 6) is -0.294. The van der Waals surface area contributed by atoms with E-state index in [1.807, 2.05) is 13.8 Å². The molecule has 28 heavy (non-hydrogen) atoms. The first-order chi connectivity index (χ1) is 12.2. The molecule has 164 valence electrons. The molecule has 2 aliphatic rings. The first-order valence-corrected chi connectivity index (χ1v) is 9.18. The minimum Gasteiger partial charge on any atom is -0.498 e. The molecule has 2 heterocycles. The monoisotopic (exact) mass is 402 g/mol. The van der Waals surface area contributed by atoms with Crippen LogP contribution in [0.1, 0.15) is 42.5 Å². The van der Waals surface area contributed by atoms with E-state index in [2.05, 4.69) is 25.8 Å². The van der Waals surface area contributed by atoms with E-state index in [9.17, 15) is 9.59 Å². The van der Waals surface area contributed by atoms with E-state index >= 15 is 0 Å². The molecule has 0 atom stereocenters. The van der Waals surface area contributed by atoms with Crippen LogP contribution >= 0.6 is 0 Å². The highest BCUT2D eigenvalue weighted by atomic mass is 16.6. The van der Waals surface area contributed by atoms with Gasteiger partial charge in [-0.25, -0.2) is 0 Å². The Morgan fingerprint density at radius 2 is 1.14 bits per heavy atom. The van der Waals surface area contributed by atoms with E-state index in [1.165, 1.54) is 0 Å². The lowest BCUT2D eigenvalue weighted by molar-refractivity contribution is -0.145. The van der Waals surface area contributed by atoms with Crippen LogP contribution in [0.5, 0.6) is 0 Å². The number of nitrogens with zero attached hydrogens (tertiary/aromatic N) is 2. The van der Waals surface area contributed by atoms with Crippen molar-refractivity contribution in [3.05, 3.63) is 0 Å². The Kier molecular flexibility index (Phi) is 15.4. The number of hydrogen-bond donors (Lipinski definition) is 0. The molecule has 0 N–H and O–H groups in total. The average molecular weight is 402 g/mol. The maximum atomic E-state index is 11.2. The Morgan fingerprint density at radius 1 is 0.750 bits per heavy atom. The minimum absolute atomic E-state index is 0. The molecule has 0 aromatic rings. The first kappa shape index (κ1) is 29.1. The second kappa shape index (κ2) is 14.8. The highest BCUT2D eigenvalue weighted by Gasteiger charge is 2.34. The summed E-state index contributed by atoms with van der Waals surface area (Å²) in [5.41, 5.74) is 0. The number of carbonyl (C=O) groups is 2. The van der Waals surface area contributed by atoms with E-state index in [4.69, 9.17) is 18.6 Å². The van der Waals surface area contributed by atoms with Crippen molar-refractivity contribution in [3.8, 4) is 0 Å². The summed E-state index contributed by atoms with van der Waals surface area (Å²) in [4.78, 5) is 26.2. The molecule has 8 nitrogen and oxygen atoms in total. The minimum atomic E-state index is -0.747. The molecule has 0 amide bonds. The van der Waals surface area contributed by atoms with Gasteiger partial charge in [-0.15, -0.1) is 0 Å². The van der Waals surface area contributed by atoms with Gasteiger partial charge < -0.3 is 23.5 Å². The summed E-state index contributed by atoms with van der Waals surface area (Å²) in [6, 6.07) is 0. The standard InChI is InChI=1S/C8H14BNO4.C8H18BNO2.2CH4/c1-6(2)9-13-7(11)4-10(3)5-8(12)14-9;1-8(2)9-11-6-4-10(3)5-7-12-9;;/h6H,4-5H2,1-3H3;8H,4-7H2,1-3H3;2*1H4. The van der Waals surface area contributed by atoms with E-state index in [-0.39, 0.29) is 52.8 Å². The molecular formula is C18H40B2N2O6. The summed E-state index contributed by atoms with van der Waals surface area (Å²) in [6.45, 7) is 11.7. The van der Waals surface area contributed by atoms with Crippen molar-refractivity contribution in [2.24, 2.45) is 0 Å².